The van der Waals surface area contributed by atoms with Crippen molar-refractivity contribution < 1.29 is 0 Å². The molecule has 2 rings (SSSR count). The van der Waals surface area contributed by atoms with E-state index in [1.165, 1.54) is 16.7 Å². The molecule has 3 heteroatoms. The van der Waals surface area contributed by atoms with Gasteiger partial charge in [0.2, 0.25) is 0 Å². The summed E-state index contributed by atoms with van der Waals surface area (Å²) >= 11 is 6.28. The van der Waals surface area contributed by atoms with Crippen molar-refractivity contribution in [2.45, 2.75) is 47.1 Å². The summed E-state index contributed by atoms with van der Waals surface area (Å²) in [5.41, 5.74) is 5.88. The molecule has 1 atom stereocenters. The van der Waals surface area contributed by atoms with Crippen LogP contribution in [0.3, 0.4) is 0 Å². The number of hydrogen-bond acceptors (Lipinski definition) is 2. The van der Waals surface area contributed by atoms with Crippen molar-refractivity contribution in [3.63, 3.8) is 0 Å². The van der Waals surface area contributed by atoms with Crippen LogP contribution in [0.4, 0.5) is 0 Å². The summed E-state index contributed by atoms with van der Waals surface area (Å²) in [7, 11) is 0. The van der Waals surface area contributed by atoms with Crippen LogP contribution in [-0.4, -0.2) is 17.3 Å². The highest BCUT2D eigenvalue weighted by Crippen LogP contribution is 2.30. The average Bonchev–Trinajstić information content (AvgIpc) is 2.57. The van der Waals surface area contributed by atoms with Gasteiger partial charge in [0.1, 0.15) is 0 Å². The van der Waals surface area contributed by atoms with Gasteiger partial charge < -0.3 is 0 Å². The molecule has 0 saturated carbocycles. The van der Waals surface area contributed by atoms with E-state index in [1.54, 1.807) is 0 Å². The van der Waals surface area contributed by atoms with Crippen molar-refractivity contribution in [2.75, 3.05) is 0 Å². The third-order valence-electron chi connectivity index (χ3n) is 4.20. The van der Waals surface area contributed by atoms with E-state index < -0.39 is 0 Å². The standard InChI is InChI=1S/C22H27ClN2/c1-6-8-9-22(18(5)20-12-16(3)13-21(23)14-20)19-11-10-17(4)25(15-19)24-7-2/h7-15,17H,6H2,1-5H3/b9-8-,22-18-,24-7-. The van der Waals surface area contributed by atoms with Gasteiger partial charge in [-0.1, -0.05) is 48.9 Å². The predicted molar refractivity (Wildman–Crippen MR) is 111 cm³/mol. The van der Waals surface area contributed by atoms with E-state index in [-0.39, 0.29) is 6.04 Å². The summed E-state index contributed by atoms with van der Waals surface area (Å²) in [5, 5.41) is 7.21. The van der Waals surface area contributed by atoms with Crippen LogP contribution in [0, 0.1) is 6.92 Å². The molecule has 25 heavy (non-hydrogen) atoms. The van der Waals surface area contributed by atoms with Crippen molar-refractivity contribution in [3.8, 4) is 0 Å². The number of hydrogen-bond donors (Lipinski definition) is 0. The first-order valence-electron chi connectivity index (χ1n) is 8.78. The highest BCUT2D eigenvalue weighted by Gasteiger charge is 2.15. The van der Waals surface area contributed by atoms with Crippen LogP contribution >= 0.6 is 11.6 Å². The van der Waals surface area contributed by atoms with Gasteiger partial charge in [0.05, 0.1) is 6.04 Å². The van der Waals surface area contributed by atoms with Gasteiger partial charge in [-0.3, -0.25) is 5.01 Å². The van der Waals surface area contributed by atoms with Crippen LogP contribution in [0.25, 0.3) is 5.57 Å². The minimum absolute atomic E-state index is 0.255. The normalized spacial score (nSPS) is 18.9. The highest BCUT2D eigenvalue weighted by atomic mass is 35.5. The maximum atomic E-state index is 6.28. The molecule has 0 N–H and O–H groups in total. The fourth-order valence-corrected chi connectivity index (χ4v) is 3.14. The SMILES string of the molecule is C/C=N\N1C=C(C(/C=C\CC)=C(/C)c2cc(C)cc(Cl)c2)C=CC1C. The minimum Gasteiger partial charge on any atom is -0.266 e. The summed E-state index contributed by atoms with van der Waals surface area (Å²) in [6.45, 7) is 10.4. The Labute approximate surface area is 156 Å². The summed E-state index contributed by atoms with van der Waals surface area (Å²) in [6, 6.07) is 6.45. The van der Waals surface area contributed by atoms with Crippen molar-refractivity contribution in [1.82, 2.24) is 5.01 Å². The van der Waals surface area contributed by atoms with E-state index in [4.69, 9.17) is 11.6 Å². The molecule has 1 heterocycles. The molecule has 1 aromatic carbocycles. The number of hydrazone groups is 1. The van der Waals surface area contributed by atoms with Gasteiger partial charge in [-0.2, -0.15) is 5.10 Å². The number of halogens is 1. The van der Waals surface area contributed by atoms with E-state index in [2.05, 4.69) is 69.4 Å². The topological polar surface area (TPSA) is 15.6 Å². The molecule has 0 fully saturated rings. The molecule has 0 saturated heterocycles. The van der Waals surface area contributed by atoms with Crippen LogP contribution in [0.1, 0.15) is 45.2 Å². The molecule has 1 aliphatic heterocycles. The molecule has 1 aliphatic rings. The number of aryl methyl sites for hydroxylation is 1. The minimum atomic E-state index is 0.255. The van der Waals surface area contributed by atoms with Crippen LogP contribution < -0.4 is 0 Å². The maximum absolute atomic E-state index is 6.28. The van der Waals surface area contributed by atoms with E-state index >= 15 is 0 Å². The first kappa shape index (κ1) is 19.3. The quantitative estimate of drug-likeness (QED) is 0.433. The molecule has 1 aromatic rings. The van der Waals surface area contributed by atoms with Gasteiger partial charge in [-0.15, -0.1) is 0 Å². The number of nitrogens with zero attached hydrogens (tertiary/aromatic N) is 2. The van der Waals surface area contributed by atoms with E-state index in [1.807, 2.05) is 30.3 Å². The fraction of sp³-hybridized carbons (Fsp3) is 0.318. The Bertz CT molecular complexity index is 746. The summed E-state index contributed by atoms with van der Waals surface area (Å²) in [4.78, 5) is 0. The van der Waals surface area contributed by atoms with Crippen LogP contribution in [-0.2, 0) is 0 Å². The third-order valence-corrected chi connectivity index (χ3v) is 4.42. The van der Waals surface area contributed by atoms with Crippen LogP contribution in [0.2, 0.25) is 5.02 Å². The fourth-order valence-electron chi connectivity index (χ4n) is 2.85. The molecule has 0 radical (unpaired) electrons. The smallest absolute Gasteiger partial charge is 0.0674 e. The lowest BCUT2D eigenvalue weighted by Crippen LogP contribution is -2.24. The first-order chi connectivity index (χ1) is 12.0. The summed E-state index contributed by atoms with van der Waals surface area (Å²) in [6.07, 6.45) is 13.7. The van der Waals surface area contributed by atoms with Gasteiger partial charge >= 0.3 is 0 Å². The highest BCUT2D eigenvalue weighted by molar-refractivity contribution is 6.30. The van der Waals surface area contributed by atoms with Crippen molar-refractivity contribution >= 4 is 23.4 Å². The Hall–Kier alpha value is -2.06. The average molecular weight is 355 g/mol. The zero-order chi connectivity index (χ0) is 18.4. The largest absolute Gasteiger partial charge is 0.266 e. The third kappa shape index (κ3) is 4.96. The van der Waals surface area contributed by atoms with Crippen LogP contribution in [0.15, 0.2) is 65.0 Å². The van der Waals surface area contributed by atoms with E-state index in [0.717, 1.165) is 22.6 Å². The van der Waals surface area contributed by atoms with Gasteiger partial charge in [0, 0.05) is 17.4 Å². The summed E-state index contributed by atoms with van der Waals surface area (Å²) < 4.78 is 0. The predicted octanol–water partition coefficient (Wildman–Crippen LogP) is 6.54. The number of benzene rings is 1. The molecular weight excluding hydrogens is 328 g/mol. The monoisotopic (exact) mass is 354 g/mol. The number of rotatable bonds is 5. The molecule has 0 bridgehead atoms. The first-order valence-corrected chi connectivity index (χ1v) is 9.16. The van der Waals surface area contributed by atoms with Crippen molar-refractivity contribution in [3.05, 3.63) is 76.0 Å². The van der Waals surface area contributed by atoms with Gasteiger partial charge in [0.15, 0.2) is 0 Å². The molecular formula is C22H27ClN2. The Morgan fingerprint density at radius 1 is 1.32 bits per heavy atom. The number of allylic oxidation sites excluding steroid dienone is 6. The molecule has 132 valence electrons. The second-order valence-electron chi connectivity index (χ2n) is 6.30. The molecule has 2 nitrogen and oxygen atoms in total. The molecule has 0 aliphatic carbocycles. The lowest BCUT2D eigenvalue weighted by atomic mass is 9.93. The zero-order valence-electron chi connectivity index (χ0n) is 15.8. The second kappa shape index (κ2) is 8.87. The maximum Gasteiger partial charge on any atom is 0.0674 e. The van der Waals surface area contributed by atoms with E-state index in [0.29, 0.717) is 0 Å². The molecule has 0 aromatic heterocycles. The van der Waals surface area contributed by atoms with Crippen molar-refractivity contribution in [1.29, 1.82) is 0 Å². The Morgan fingerprint density at radius 2 is 2.08 bits per heavy atom. The Balaban J connectivity index is 2.57. The van der Waals surface area contributed by atoms with Gasteiger partial charge in [-0.25, -0.2) is 0 Å². The van der Waals surface area contributed by atoms with Gasteiger partial charge in [-0.05, 0) is 74.1 Å². The lowest BCUT2D eigenvalue weighted by Gasteiger charge is -2.25. The molecule has 0 spiro atoms. The Morgan fingerprint density at radius 3 is 2.72 bits per heavy atom. The van der Waals surface area contributed by atoms with Crippen LogP contribution in [0.5, 0.6) is 0 Å². The van der Waals surface area contributed by atoms with Gasteiger partial charge in [0.25, 0.3) is 0 Å². The lowest BCUT2D eigenvalue weighted by molar-refractivity contribution is 0.350. The summed E-state index contributed by atoms with van der Waals surface area (Å²) in [5.74, 6) is 0. The van der Waals surface area contributed by atoms with E-state index in [9.17, 15) is 0 Å². The zero-order valence-corrected chi connectivity index (χ0v) is 16.5. The molecule has 0 amide bonds. The van der Waals surface area contributed by atoms with Crippen molar-refractivity contribution in [2.24, 2.45) is 5.10 Å². The second-order valence-corrected chi connectivity index (χ2v) is 6.74. The molecule has 1 unspecified atom stereocenters. The Kier molecular flexibility index (Phi) is 6.83.